The van der Waals surface area contributed by atoms with E-state index in [9.17, 15) is 0 Å². The van der Waals surface area contributed by atoms with Crippen molar-refractivity contribution in [2.45, 2.75) is 0 Å². The minimum Gasteiger partial charge on any atom is -0.497 e. The molecule has 2 nitrogen and oxygen atoms in total. The maximum absolute atomic E-state index is 5.15. The van der Waals surface area contributed by atoms with Crippen LogP contribution in [0.15, 0.2) is 46.2 Å². The molecule has 1 heterocycles. The Bertz CT molecular complexity index is 505. The van der Waals surface area contributed by atoms with Gasteiger partial charge in [0.1, 0.15) is 5.75 Å². The molecule has 1 aromatic carbocycles. The predicted molar refractivity (Wildman–Crippen MR) is 78.7 cm³/mol. The van der Waals surface area contributed by atoms with E-state index in [0.29, 0.717) is 0 Å². The first-order chi connectivity index (χ1) is 8.13. The van der Waals surface area contributed by atoms with Crippen LogP contribution in [0.5, 0.6) is 5.75 Å². The molecular formula is C14H13INOY-. The fourth-order valence-corrected chi connectivity index (χ4v) is 2.15. The zero-order valence-corrected chi connectivity index (χ0v) is 15.4. The van der Waals surface area contributed by atoms with Gasteiger partial charge in [-0.1, -0.05) is 21.4 Å². The van der Waals surface area contributed by atoms with Gasteiger partial charge in [-0.25, -0.2) is 0 Å². The summed E-state index contributed by atoms with van der Waals surface area (Å²) >= 11 is 2.26. The van der Waals surface area contributed by atoms with Crippen molar-refractivity contribution >= 4 is 28.3 Å². The first-order valence-electron chi connectivity index (χ1n) is 5.20. The van der Waals surface area contributed by atoms with Crippen molar-refractivity contribution in [3.05, 3.63) is 57.8 Å². The number of benzene rings is 1. The van der Waals surface area contributed by atoms with Crippen molar-refractivity contribution in [2.24, 2.45) is 0 Å². The number of halogens is 1. The second kappa shape index (κ2) is 6.87. The van der Waals surface area contributed by atoms with E-state index >= 15 is 0 Å². The Kier molecular flexibility index (Phi) is 6.08. The van der Waals surface area contributed by atoms with Crippen molar-refractivity contribution in [3.8, 4) is 5.75 Å². The molecule has 0 aliphatic carbocycles. The minimum atomic E-state index is 0. The van der Waals surface area contributed by atoms with E-state index in [1.165, 1.54) is 0 Å². The summed E-state index contributed by atoms with van der Waals surface area (Å²) in [5, 5.41) is 0. The van der Waals surface area contributed by atoms with Gasteiger partial charge in [0.25, 0.3) is 0 Å². The zero-order chi connectivity index (χ0) is 12.4. The molecule has 0 unspecified atom stereocenters. The van der Waals surface area contributed by atoms with E-state index in [1.54, 1.807) is 7.11 Å². The summed E-state index contributed by atoms with van der Waals surface area (Å²) in [6.07, 6.45) is 5.23. The van der Waals surface area contributed by atoms with Crippen molar-refractivity contribution in [1.29, 1.82) is 0 Å². The Balaban J connectivity index is 0.00000162. The Labute approximate surface area is 147 Å². The van der Waals surface area contributed by atoms with Crippen LogP contribution < -0.4 is 4.74 Å². The molecule has 18 heavy (non-hydrogen) atoms. The third-order valence-corrected chi connectivity index (χ3v) is 3.65. The Hall–Kier alpha value is -0.126. The molecule has 4 heteroatoms. The number of methoxy groups -OCH3 is 1. The quantitative estimate of drug-likeness (QED) is 0.529. The van der Waals surface area contributed by atoms with Gasteiger partial charge in [-0.2, -0.15) is 12.2 Å². The van der Waals surface area contributed by atoms with Crippen molar-refractivity contribution in [2.75, 3.05) is 14.2 Å². The van der Waals surface area contributed by atoms with Crippen LogP contribution in [0.3, 0.4) is 0 Å². The van der Waals surface area contributed by atoms with Gasteiger partial charge in [0, 0.05) is 39.8 Å². The number of hydrogen-bond donors (Lipinski definition) is 0. The van der Waals surface area contributed by atoms with Crippen LogP contribution in [-0.2, 0) is 32.7 Å². The summed E-state index contributed by atoms with van der Waals surface area (Å²) in [5.74, 6) is 0.858. The van der Waals surface area contributed by atoms with Gasteiger partial charge in [0.05, 0.1) is 7.11 Å². The van der Waals surface area contributed by atoms with Gasteiger partial charge >= 0.3 is 0 Å². The van der Waals surface area contributed by atoms with Crippen LogP contribution in [0, 0.1) is 6.08 Å². The van der Waals surface area contributed by atoms with E-state index < -0.39 is 0 Å². The number of allylic oxidation sites excluding steroid dienone is 3. The average molecular weight is 427 g/mol. The van der Waals surface area contributed by atoms with Gasteiger partial charge in [0.15, 0.2) is 0 Å². The van der Waals surface area contributed by atoms with Crippen LogP contribution in [0.25, 0.3) is 5.70 Å². The Morgan fingerprint density at radius 1 is 1.28 bits per heavy atom. The third kappa shape index (κ3) is 3.25. The first-order valence-corrected chi connectivity index (χ1v) is 6.28. The van der Waals surface area contributed by atoms with Gasteiger partial charge < -0.3 is 9.64 Å². The standard InChI is InChI=1S/C14H13INO.Y/c1-10-13(15)8-9-14(16(10)2)11-4-6-12(17-3)7-5-11;/h4-8H,1H2,2-3H3;/q-1;. The molecule has 2 rings (SSSR count). The van der Waals surface area contributed by atoms with Gasteiger partial charge in [0.2, 0.25) is 0 Å². The molecule has 1 aliphatic heterocycles. The molecule has 1 aliphatic rings. The molecule has 1 radical (unpaired) electrons. The number of rotatable bonds is 2. The average Bonchev–Trinajstić information content (AvgIpc) is 2.36. The maximum Gasteiger partial charge on any atom is 0.116 e. The Morgan fingerprint density at radius 3 is 2.44 bits per heavy atom. The first kappa shape index (κ1) is 15.9. The molecule has 0 saturated heterocycles. The van der Waals surface area contributed by atoms with Gasteiger partial charge in [-0.05, 0) is 17.8 Å². The zero-order valence-electron chi connectivity index (χ0n) is 10.4. The maximum atomic E-state index is 5.15. The second-order valence-electron chi connectivity index (χ2n) is 3.72. The fourth-order valence-electron chi connectivity index (χ4n) is 1.63. The summed E-state index contributed by atoms with van der Waals surface area (Å²) in [4.78, 5) is 2.05. The molecule has 0 aromatic heterocycles. The van der Waals surface area contributed by atoms with Crippen LogP contribution in [-0.4, -0.2) is 19.1 Å². The molecule has 91 valence electrons. The molecule has 0 bridgehead atoms. The summed E-state index contributed by atoms with van der Waals surface area (Å²) in [6.45, 7) is 4.05. The normalized spacial score (nSPS) is 14.6. The molecular weight excluding hydrogens is 414 g/mol. The van der Waals surface area contributed by atoms with E-state index in [2.05, 4.69) is 35.2 Å². The van der Waals surface area contributed by atoms with Crippen LogP contribution in [0.1, 0.15) is 5.56 Å². The minimum absolute atomic E-state index is 0. The van der Waals surface area contributed by atoms with Gasteiger partial charge in [-0.15, -0.1) is 34.7 Å². The molecule has 0 atom stereocenters. The predicted octanol–water partition coefficient (Wildman–Crippen LogP) is 3.61. The van der Waals surface area contributed by atoms with Crippen molar-refractivity contribution < 1.29 is 37.4 Å². The second-order valence-corrected chi connectivity index (χ2v) is 4.88. The fraction of sp³-hybridized carbons (Fsp3) is 0.143. The number of nitrogens with zero attached hydrogens (tertiary/aromatic N) is 1. The molecule has 0 N–H and O–H groups in total. The van der Waals surface area contributed by atoms with E-state index in [-0.39, 0.29) is 32.7 Å². The van der Waals surface area contributed by atoms with Crippen LogP contribution in [0.4, 0.5) is 0 Å². The summed E-state index contributed by atoms with van der Waals surface area (Å²) in [5.41, 5.74) is 3.13. The molecule has 1 aromatic rings. The van der Waals surface area contributed by atoms with Crippen molar-refractivity contribution in [3.63, 3.8) is 0 Å². The number of ether oxygens (including phenoxy) is 1. The molecule has 0 amide bonds. The summed E-state index contributed by atoms with van der Waals surface area (Å²) < 4.78 is 6.26. The van der Waals surface area contributed by atoms with E-state index in [1.807, 2.05) is 42.3 Å². The van der Waals surface area contributed by atoms with Crippen molar-refractivity contribution in [1.82, 2.24) is 4.90 Å². The topological polar surface area (TPSA) is 12.5 Å². The monoisotopic (exact) mass is 427 g/mol. The Morgan fingerprint density at radius 2 is 1.89 bits per heavy atom. The molecule has 0 fully saturated rings. The third-order valence-electron chi connectivity index (χ3n) is 2.72. The number of likely N-dealkylation sites (N-methyl/N-ethyl adjacent to an activating group) is 1. The largest absolute Gasteiger partial charge is 0.497 e. The summed E-state index contributed by atoms with van der Waals surface area (Å²) in [7, 11) is 3.67. The smallest absolute Gasteiger partial charge is 0.116 e. The van der Waals surface area contributed by atoms with E-state index in [0.717, 1.165) is 26.3 Å². The van der Waals surface area contributed by atoms with E-state index in [4.69, 9.17) is 4.74 Å². The SMILES string of the molecule is C=C1C(I)=C[C-]=C(c2ccc(OC)cc2)N1C.[Y]. The number of hydrogen-bond acceptors (Lipinski definition) is 2. The molecule has 0 spiro atoms. The van der Waals surface area contributed by atoms with Crippen LogP contribution in [0.2, 0.25) is 0 Å². The van der Waals surface area contributed by atoms with Gasteiger partial charge in [-0.3, -0.25) is 0 Å². The van der Waals surface area contributed by atoms with Crippen LogP contribution >= 0.6 is 22.6 Å². The summed E-state index contributed by atoms with van der Waals surface area (Å²) in [6, 6.07) is 7.95. The molecule has 0 saturated carbocycles.